The van der Waals surface area contributed by atoms with Crippen LogP contribution in [0.2, 0.25) is 0 Å². The first-order valence-electron chi connectivity index (χ1n) is 4.07. The monoisotopic (exact) mass is 242 g/mol. The van der Waals surface area contributed by atoms with Crippen molar-refractivity contribution in [3.05, 3.63) is 28.2 Å². The van der Waals surface area contributed by atoms with Gasteiger partial charge >= 0.3 is 0 Å². The first-order valence-corrected chi connectivity index (χ1v) is 4.87. The molecular formula is C10H11BrO2. The third-order valence-electron chi connectivity index (χ3n) is 2.00. The SMILES string of the molecule is CC(CC=O)c1cccc(Br)c1O. The number of aromatic hydroxyl groups is 1. The van der Waals surface area contributed by atoms with Crippen molar-refractivity contribution in [2.75, 3.05) is 0 Å². The van der Waals surface area contributed by atoms with Gasteiger partial charge in [-0.25, -0.2) is 0 Å². The zero-order valence-electron chi connectivity index (χ0n) is 7.33. The van der Waals surface area contributed by atoms with E-state index in [1.165, 1.54) is 0 Å². The molecule has 0 heterocycles. The van der Waals surface area contributed by atoms with Crippen LogP contribution in [0.3, 0.4) is 0 Å². The van der Waals surface area contributed by atoms with Crippen molar-refractivity contribution in [1.82, 2.24) is 0 Å². The van der Waals surface area contributed by atoms with E-state index >= 15 is 0 Å². The Balaban J connectivity index is 3.00. The van der Waals surface area contributed by atoms with Gasteiger partial charge in [-0.15, -0.1) is 0 Å². The Morgan fingerprint density at radius 3 is 2.92 bits per heavy atom. The first kappa shape index (κ1) is 10.3. The van der Waals surface area contributed by atoms with E-state index in [4.69, 9.17) is 0 Å². The Labute approximate surface area is 85.7 Å². The highest BCUT2D eigenvalue weighted by Crippen LogP contribution is 2.33. The lowest BCUT2D eigenvalue weighted by molar-refractivity contribution is -0.108. The minimum absolute atomic E-state index is 0.0648. The number of para-hydroxylation sites is 1. The first-order chi connectivity index (χ1) is 6.16. The Morgan fingerprint density at radius 1 is 1.62 bits per heavy atom. The van der Waals surface area contributed by atoms with Crippen LogP contribution in [0.4, 0.5) is 0 Å². The summed E-state index contributed by atoms with van der Waals surface area (Å²) in [5.74, 6) is 0.298. The van der Waals surface area contributed by atoms with Gasteiger partial charge in [-0.1, -0.05) is 19.1 Å². The van der Waals surface area contributed by atoms with Crippen LogP contribution >= 0.6 is 15.9 Å². The second-order valence-corrected chi connectivity index (χ2v) is 3.84. The molecule has 1 aromatic carbocycles. The molecule has 1 atom stereocenters. The maximum atomic E-state index is 10.3. The highest BCUT2D eigenvalue weighted by Gasteiger charge is 2.11. The molecule has 1 N–H and O–H groups in total. The van der Waals surface area contributed by atoms with Crippen molar-refractivity contribution >= 4 is 22.2 Å². The predicted octanol–water partition coefficient (Wildman–Crippen LogP) is 2.85. The summed E-state index contributed by atoms with van der Waals surface area (Å²) in [6, 6.07) is 5.45. The van der Waals surface area contributed by atoms with Gasteiger partial charge in [0.1, 0.15) is 12.0 Å². The number of carbonyl (C=O) groups excluding carboxylic acids is 1. The number of carbonyl (C=O) groups is 1. The second kappa shape index (κ2) is 4.42. The molecule has 0 spiro atoms. The average Bonchev–Trinajstić information content (AvgIpc) is 2.10. The molecule has 0 bridgehead atoms. The minimum Gasteiger partial charge on any atom is -0.506 e. The van der Waals surface area contributed by atoms with E-state index in [0.717, 1.165) is 11.8 Å². The fourth-order valence-electron chi connectivity index (χ4n) is 1.20. The number of hydrogen-bond donors (Lipinski definition) is 1. The van der Waals surface area contributed by atoms with Crippen molar-refractivity contribution in [3.63, 3.8) is 0 Å². The molecule has 1 unspecified atom stereocenters. The highest BCUT2D eigenvalue weighted by atomic mass is 79.9. The second-order valence-electron chi connectivity index (χ2n) is 2.98. The van der Waals surface area contributed by atoms with Crippen LogP contribution in [0.5, 0.6) is 5.75 Å². The quantitative estimate of drug-likeness (QED) is 0.829. The predicted molar refractivity (Wildman–Crippen MR) is 54.9 cm³/mol. The summed E-state index contributed by atoms with van der Waals surface area (Å²) in [4.78, 5) is 10.3. The molecule has 0 aliphatic carbocycles. The lowest BCUT2D eigenvalue weighted by Crippen LogP contribution is -1.94. The number of halogens is 1. The van der Waals surface area contributed by atoms with Gasteiger partial charge in [0.2, 0.25) is 0 Å². The number of hydrogen-bond acceptors (Lipinski definition) is 2. The van der Waals surface area contributed by atoms with E-state index in [0.29, 0.717) is 10.9 Å². The largest absolute Gasteiger partial charge is 0.506 e. The van der Waals surface area contributed by atoms with Crippen molar-refractivity contribution < 1.29 is 9.90 Å². The smallest absolute Gasteiger partial charge is 0.133 e. The van der Waals surface area contributed by atoms with Gasteiger partial charge < -0.3 is 9.90 Å². The zero-order valence-corrected chi connectivity index (χ0v) is 8.91. The third kappa shape index (κ3) is 2.31. The minimum atomic E-state index is 0.0648. The summed E-state index contributed by atoms with van der Waals surface area (Å²) >= 11 is 3.23. The van der Waals surface area contributed by atoms with Gasteiger partial charge in [-0.2, -0.15) is 0 Å². The highest BCUT2D eigenvalue weighted by molar-refractivity contribution is 9.10. The molecule has 1 rings (SSSR count). The van der Waals surface area contributed by atoms with Crippen LogP contribution in [-0.4, -0.2) is 11.4 Å². The van der Waals surface area contributed by atoms with Crippen LogP contribution < -0.4 is 0 Å². The van der Waals surface area contributed by atoms with Crippen LogP contribution in [0.25, 0.3) is 0 Å². The van der Waals surface area contributed by atoms with Gasteiger partial charge in [0.25, 0.3) is 0 Å². The molecule has 1 aromatic rings. The topological polar surface area (TPSA) is 37.3 Å². The number of phenols is 1. The average molecular weight is 243 g/mol. The standard InChI is InChI=1S/C10H11BrO2/c1-7(5-6-12)8-3-2-4-9(11)10(8)13/h2-4,6-7,13H,5H2,1H3. The molecule has 0 aliphatic rings. The molecule has 0 saturated carbocycles. The Hall–Kier alpha value is -0.830. The van der Waals surface area contributed by atoms with E-state index in [1.807, 2.05) is 19.1 Å². The lowest BCUT2D eigenvalue weighted by Gasteiger charge is -2.10. The molecule has 0 fully saturated rings. The fourth-order valence-corrected chi connectivity index (χ4v) is 1.58. The molecule has 0 aliphatic heterocycles. The lowest BCUT2D eigenvalue weighted by atomic mass is 9.98. The van der Waals surface area contributed by atoms with Crippen molar-refractivity contribution in [2.45, 2.75) is 19.3 Å². The van der Waals surface area contributed by atoms with E-state index in [9.17, 15) is 9.90 Å². The van der Waals surface area contributed by atoms with Gasteiger partial charge in [0, 0.05) is 6.42 Å². The Morgan fingerprint density at radius 2 is 2.31 bits per heavy atom. The van der Waals surface area contributed by atoms with Crippen LogP contribution in [0, 0.1) is 0 Å². The van der Waals surface area contributed by atoms with E-state index < -0.39 is 0 Å². The van der Waals surface area contributed by atoms with Crippen LogP contribution in [0.1, 0.15) is 24.8 Å². The third-order valence-corrected chi connectivity index (χ3v) is 2.64. The van der Waals surface area contributed by atoms with Crippen LogP contribution in [-0.2, 0) is 4.79 Å². The van der Waals surface area contributed by atoms with Crippen molar-refractivity contribution in [1.29, 1.82) is 0 Å². The molecule has 70 valence electrons. The molecule has 3 heteroatoms. The molecule has 13 heavy (non-hydrogen) atoms. The Kier molecular flexibility index (Phi) is 3.48. The summed E-state index contributed by atoms with van der Waals surface area (Å²) in [5, 5.41) is 9.63. The number of phenolic OH excluding ortho intramolecular Hbond substituents is 1. The number of rotatable bonds is 3. The molecule has 0 aromatic heterocycles. The Bertz CT molecular complexity index is 310. The van der Waals surface area contributed by atoms with Crippen molar-refractivity contribution in [2.24, 2.45) is 0 Å². The molecule has 2 nitrogen and oxygen atoms in total. The van der Waals surface area contributed by atoms with E-state index in [1.54, 1.807) is 6.07 Å². The number of aldehydes is 1. The van der Waals surface area contributed by atoms with E-state index in [2.05, 4.69) is 15.9 Å². The summed E-state index contributed by atoms with van der Waals surface area (Å²) < 4.78 is 0.669. The summed E-state index contributed by atoms with van der Waals surface area (Å²) in [6.07, 6.45) is 1.30. The molecule has 0 radical (unpaired) electrons. The maximum Gasteiger partial charge on any atom is 0.133 e. The maximum absolute atomic E-state index is 10.3. The van der Waals surface area contributed by atoms with Gasteiger partial charge in [-0.05, 0) is 33.5 Å². The fraction of sp³-hybridized carbons (Fsp3) is 0.300. The zero-order chi connectivity index (χ0) is 9.84. The summed E-state index contributed by atoms with van der Waals surface area (Å²) in [5.41, 5.74) is 0.807. The van der Waals surface area contributed by atoms with Gasteiger partial charge in [0.05, 0.1) is 4.47 Å². The summed E-state index contributed by atoms with van der Waals surface area (Å²) in [6.45, 7) is 1.91. The normalized spacial score (nSPS) is 12.5. The van der Waals surface area contributed by atoms with Gasteiger partial charge in [0.15, 0.2) is 0 Å². The summed E-state index contributed by atoms with van der Waals surface area (Å²) in [7, 11) is 0. The molecule has 0 saturated heterocycles. The molecule has 0 amide bonds. The van der Waals surface area contributed by atoms with Gasteiger partial charge in [-0.3, -0.25) is 0 Å². The number of benzene rings is 1. The van der Waals surface area contributed by atoms with E-state index in [-0.39, 0.29) is 11.7 Å². The molecular weight excluding hydrogens is 232 g/mol. The van der Waals surface area contributed by atoms with Crippen molar-refractivity contribution in [3.8, 4) is 5.75 Å². The van der Waals surface area contributed by atoms with Crippen LogP contribution in [0.15, 0.2) is 22.7 Å².